The first-order chi connectivity index (χ1) is 7.63. The number of rotatable bonds is 5. The Hall–Kier alpha value is -0.720. The third-order valence-corrected chi connectivity index (χ3v) is 2.45. The van der Waals surface area contributed by atoms with Crippen LogP contribution in [0, 0.1) is 5.82 Å². The van der Waals surface area contributed by atoms with Gasteiger partial charge in [0.1, 0.15) is 5.82 Å². The van der Waals surface area contributed by atoms with Crippen LogP contribution >= 0.6 is 11.6 Å². The maximum atomic E-state index is 13.6. The Kier molecular flexibility index (Phi) is 5.11. The number of hydrogen-bond donors (Lipinski definition) is 2. The van der Waals surface area contributed by atoms with Crippen molar-refractivity contribution in [1.82, 2.24) is 5.43 Å². The molecule has 6 heteroatoms. The first kappa shape index (κ1) is 13.3. The summed E-state index contributed by atoms with van der Waals surface area (Å²) in [6.45, 7) is 0. The van der Waals surface area contributed by atoms with E-state index in [0.717, 1.165) is 0 Å². The number of nitrogens with two attached hydrogens (primary N) is 1. The van der Waals surface area contributed by atoms with Crippen LogP contribution < -0.4 is 11.3 Å². The number of ether oxygens (including phenoxy) is 2. The van der Waals surface area contributed by atoms with Gasteiger partial charge in [-0.3, -0.25) is 5.84 Å². The van der Waals surface area contributed by atoms with E-state index in [1.807, 2.05) is 0 Å². The number of methoxy groups -OCH3 is 2. The van der Waals surface area contributed by atoms with E-state index in [1.165, 1.54) is 26.4 Å². The van der Waals surface area contributed by atoms with Crippen molar-refractivity contribution in [3.8, 4) is 0 Å². The quantitative estimate of drug-likeness (QED) is 0.472. The van der Waals surface area contributed by atoms with E-state index in [4.69, 9.17) is 26.9 Å². The summed E-state index contributed by atoms with van der Waals surface area (Å²) in [7, 11) is 2.90. The number of hydrazine groups is 1. The predicted molar refractivity (Wildman–Crippen MR) is 59.3 cm³/mol. The maximum absolute atomic E-state index is 13.6. The molecular formula is C10H14ClFN2O2. The Morgan fingerprint density at radius 2 is 2.00 bits per heavy atom. The Labute approximate surface area is 98.4 Å². The number of benzene rings is 1. The van der Waals surface area contributed by atoms with Gasteiger partial charge in [-0.1, -0.05) is 17.7 Å². The third kappa shape index (κ3) is 2.90. The van der Waals surface area contributed by atoms with Crippen LogP contribution in [0.25, 0.3) is 0 Å². The van der Waals surface area contributed by atoms with E-state index in [0.29, 0.717) is 10.6 Å². The van der Waals surface area contributed by atoms with Crippen molar-refractivity contribution in [1.29, 1.82) is 0 Å². The van der Waals surface area contributed by atoms with E-state index < -0.39 is 18.1 Å². The van der Waals surface area contributed by atoms with Gasteiger partial charge in [-0.05, 0) is 12.1 Å². The lowest BCUT2D eigenvalue weighted by atomic mass is 10.1. The van der Waals surface area contributed by atoms with Gasteiger partial charge in [0.2, 0.25) is 0 Å². The zero-order valence-electron chi connectivity index (χ0n) is 9.04. The summed E-state index contributed by atoms with van der Waals surface area (Å²) >= 11 is 5.66. The maximum Gasteiger partial charge on any atom is 0.177 e. The van der Waals surface area contributed by atoms with Gasteiger partial charge >= 0.3 is 0 Å². The molecule has 0 radical (unpaired) electrons. The summed E-state index contributed by atoms with van der Waals surface area (Å²) in [5, 5.41) is 0.323. The van der Waals surface area contributed by atoms with Crippen LogP contribution in [0.2, 0.25) is 5.02 Å². The molecule has 0 aliphatic carbocycles. The van der Waals surface area contributed by atoms with Crippen LogP contribution in [-0.4, -0.2) is 20.5 Å². The van der Waals surface area contributed by atoms with E-state index in [2.05, 4.69) is 5.43 Å². The van der Waals surface area contributed by atoms with E-state index >= 15 is 0 Å². The fourth-order valence-electron chi connectivity index (χ4n) is 1.44. The van der Waals surface area contributed by atoms with Crippen molar-refractivity contribution >= 4 is 11.6 Å². The Morgan fingerprint density at radius 1 is 1.38 bits per heavy atom. The molecule has 1 unspecified atom stereocenters. The standard InChI is InChI=1S/C10H14ClFN2O2/c1-15-10(16-2)9(14-13)7-4-3-6(11)5-8(7)12/h3-5,9-10,14H,13H2,1-2H3. The summed E-state index contributed by atoms with van der Waals surface area (Å²) < 4.78 is 23.7. The molecule has 4 nitrogen and oxygen atoms in total. The van der Waals surface area contributed by atoms with E-state index in [-0.39, 0.29) is 0 Å². The molecule has 0 aromatic heterocycles. The minimum Gasteiger partial charge on any atom is -0.354 e. The van der Waals surface area contributed by atoms with Gasteiger partial charge in [0.25, 0.3) is 0 Å². The van der Waals surface area contributed by atoms with Gasteiger partial charge in [-0.25, -0.2) is 9.82 Å². The van der Waals surface area contributed by atoms with Crippen LogP contribution in [0.15, 0.2) is 18.2 Å². The summed E-state index contributed by atoms with van der Waals surface area (Å²) in [5.41, 5.74) is 2.78. The molecule has 0 amide bonds. The van der Waals surface area contributed by atoms with Gasteiger partial charge in [0.05, 0.1) is 6.04 Å². The highest BCUT2D eigenvalue weighted by Crippen LogP contribution is 2.24. The lowest BCUT2D eigenvalue weighted by Crippen LogP contribution is -2.39. The molecule has 1 aromatic rings. The third-order valence-electron chi connectivity index (χ3n) is 2.21. The van der Waals surface area contributed by atoms with Crippen LogP contribution in [0.4, 0.5) is 4.39 Å². The van der Waals surface area contributed by atoms with Crippen molar-refractivity contribution in [3.05, 3.63) is 34.6 Å². The molecule has 1 aromatic carbocycles. The highest BCUT2D eigenvalue weighted by atomic mass is 35.5. The SMILES string of the molecule is COC(OC)C(NN)c1ccc(Cl)cc1F. The molecule has 0 saturated carbocycles. The predicted octanol–water partition coefficient (Wildman–Crippen LogP) is 1.60. The zero-order chi connectivity index (χ0) is 12.1. The van der Waals surface area contributed by atoms with Crippen LogP contribution in [-0.2, 0) is 9.47 Å². The highest BCUT2D eigenvalue weighted by Gasteiger charge is 2.24. The first-order valence-corrected chi connectivity index (χ1v) is 4.98. The molecule has 16 heavy (non-hydrogen) atoms. The lowest BCUT2D eigenvalue weighted by Gasteiger charge is -2.24. The van der Waals surface area contributed by atoms with Crippen LogP contribution in [0.3, 0.4) is 0 Å². The minimum absolute atomic E-state index is 0.323. The van der Waals surface area contributed by atoms with Gasteiger partial charge in [-0.2, -0.15) is 0 Å². The Balaban J connectivity index is 3.03. The summed E-state index contributed by atoms with van der Waals surface area (Å²) in [5.74, 6) is 4.89. The van der Waals surface area contributed by atoms with Gasteiger partial charge in [0.15, 0.2) is 6.29 Å². The normalized spacial score (nSPS) is 13.1. The number of nitrogens with one attached hydrogen (secondary N) is 1. The zero-order valence-corrected chi connectivity index (χ0v) is 9.79. The lowest BCUT2D eigenvalue weighted by molar-refractivity contribution is -0.124. The first-order valence-electron chi connectivity index (χ1n) is 4.60. The molecule has 0 bridgehead atoms. The fourth-order valence-corrected chi connectivity index (χ4v) is 1.60. The Bertz CT molecular complexity index is 348. The molecule has 0 spiro atoms. The Morgan fingerprint density at radius 3 is 2.44 bits per heavy atom. The molecule has 0 aliphatic heterocycles. The summed E-state index contributed by atoms with van der Waals surface area (Å²) in [6.07, 6.45) is -0.680. The highest BCUT2D eigenvalue weighted by molar-refractivity contribution is 6.30. The summed E-state index contributed by atoms with van der Waals surface area (Å²) in [4.78, 5) is 0. The molecular weight excluding hydrogens is 235 g/mol. The van der Waals surface area contributed by atoms with Crippen LogP contribution in [0.5, 0.6) is 0 Å². The second-order valence-electron chi connectivity index (χ2n) is 3.15. The second kappa shape index (κ2) is 6.12. The van der Waals surface area contributed by atoms with Crippen molar-refractivity contribution in [2.45, 2.75) is 12.3 Å². The molecule has 0 heterocycles. The van der Waals surface area contributed by atoms with Gasteiger partial charge in [-0.15, -0.1) is 0 Å². The fraction of sp³-hybridized carbons (Fsp3) is 0.400. The van der Waals surface area contributed by atoms with Gasteiger partial charge < -0.3 is 9.47 Å². The molecule has 1 rings (SSSR count). The molecule has 90 valence electrons. The van der Waals surface area contributed by atoms with Gasteiger partial charge in [0, 0.05) is 24.8 Å². The number of hydrogen-bond acceptors (Lipinski definition) is 4. The second-order valence-corrected chi connectivity index (χ2v) is 3.59. The van der Waals surface area contributed by atoms with E-state index in [9.17, 15) is 4.39 Å². The largest absolute Gasteiger partial charge is 0.354 e. The molecule has 3 N–H and O–H groups in total. The number of halogens is 2. The smallest absolute Gasteiger partial charge is 0.177 e. The van der Waals surface area contributed by atoms with Crippen molar-refractivity contribution < 1.29 is 13.9 Å². The molecule has 1 atom stereocenters. The average Bonchev–Trinajstić information content (AvgIpc) is 2.27. The molecule has 0 fully saturated rings. The minimum atomic E-state index is -0.680. The van der Waals surface area contributed by atoms with Crippen LogP contribution in [0.1, 0.15) is 11.6 Å². The van der Waals surface area contributed by atoms with E-state index in [1.54, 1.807) is 6.07 Å². The topological polar surface area (TPSA) is 56.5 Å². The summed E-state index contributed by atoms with van der Waals surface area (Å²) in [6, 6.07) is 3.72. The molecule has 0 saturated heterocycles. The molecule has 0 aliphatic rings. The monoisotopic (exact) mass is 248 g/mol. The van der Waals surface area contributed by atoms with Crippen molar-refractivity contribution in [2.75, 3.05) is 14.2 Å². The average molecular weight is 249 g/mol. The van der Waals surface area contributed by atoms with Crippen molar-refractivity contribution in [2.24, 2.45) is 5.84 Å². The van der Waals surface area contributed by atoms with Crippen molar-refractivity contribution in [3.63, 3.8) is 0 Å².